The molecule has 0 radical (unpaired) electrons. The number of aryl methyl sites for hydroxylation is 1. The van der Waals surface area contributed by atoms with Gasteiger partial charge in [-0.3, -0.25) is 9.59 Å². The summed E-state index contributed by atoms with van der Waals surface area (Å²) >= 11 is 0. The minimum absolute atomic E-state index is 0.0761. The number of carbonyl (C=O) groups excluding carboxylic acids is 2. The second kappa shape index (κ2) is 11.3. The van der Waals surface area contributed by atoms with E-state index >= 15 is 0 Å². The Morgan fingerprint density at radius 2 is 1.10 bits per heavy atom. The Bertz CT molecular complexity index is 1690. The van der Waals surface area contributed by atoms with Gasteiger partial charge < -0.3 is 14.9 Å². The molecule has 2 N–H and O–H groups in total. The van der Waals surface area contributed by atoms with Gasteiger partial charge in [-0.05, 0) is 67.1 Å². The Morgan fingerprint density at radius 1 is 0.619 bits per heavy atom. The molecule has 5 aromatic rings. The molecule has 208 valence electrons. The largest absolute Gasteiger partial charge is 0.507 e. The van der Waals surface area contributed by atoms with Crippen molar-refractivity contribution in [2.45, 2.75) is 13.3 Å². The molecule has 0 amide bonds. The molecule has 5 aromatic carbocycles. The first-order valence-corrected chi connectivity index (χ1v) is 15.9. The van der Waals surface area contributed by atoms with Gasteiger partial charge in [0, 0.05) is 23.6 Å². The summed E-state index contributed by atoms with van der Waals surface area (Å²) in [7, 11) is -2.02. The lowest BCUT2D eigenvalue weighted by molar-refractivity contribution is 0.0973. The van der Waals surface area contributed by atoms with Crippen LogP contribution in [0.15, 0.2) is 115 Å². The highest BCUT2D eigenvalue weighted by Crippen LogP contribution is 2.55. The van der Waals surface area contributed by atoms with E-state index in [0.717, 1.165) is 6.16 Å². The number of hydrogen-bond donors (Lipinski definition) is 2. The summed E-state index contributed by atoms with van der Waals surface area (Å²) in [4.78, 5) is 26.6. The zero-order valence-corrected chi connectivity index (χ0v) is 24.1. The van der Waals surface area contributed by atoms with Crippen LogP contribution >= 0.6 is 7.26 Å². The van der Waals surface area contributed by atoms with Crippen LogP contribution in [-0.4, -0.2) is 34.5 Å². The number of aromatic hydroxyl groups is 2. The van der Waals surface area contributed by atoms with E-state index in [4.69, 9.17) is 4.74 Å². The highest BCUT2D eigenvalue weighted by Gasteiger charge is 2.44. The molecule has 0 bridgehead atoms. The van der Waals surface area contributed by atoms with Gasteiger partial charge in [-0.1, -0.05) is 54.6 Å². The maximum Gasteiger partial charge on any atom is 0.201 e. The van der Waals surface area contributed by atoms with Crippen LogP contribution in [0.1, 0.15) is 43.8 Å². The number of ether oxygens (including phenoxy) is 1. The molecule has 0 fully saturated rings. The van der Waals surface area contributed by atoms with E-state index in [9.17, 15) is 19.8 Å². The molecule has 0 saturated heterocycles. The Balaban J connectivity index is 1.29. The Morgan fingerprint density at radius 3 is 1.62 bits per heavy atom. The van der Waals surface area contributed by atoms with Gasteiger partial charge in [-0.2, -0.15) is 0 Å². The number of benzene rings is 5. The molecule has 1 aliphatic rings. The average molecular weight is 574 g/mol. The SMILES string of the molecule is Cc1cc(O)c2c(c1)C(=O)c1cc(OCCC[P+](c3ccccc3)(c3ccccc3)c3ccccc3)cc(O)c1C2=O. The average Bonchev–Trinajstić information content (AvgIpc) is 3.01. The number of phenols is 2. The zero-order valence-electron chi connectivity index (χ0n) is 23.2. The van der Waals surface area contributed by atoms with Crippen LogP contribution in [-0.2, 0) is 0 Å². The van der Waals surface area contributed by atoms with Crippen molar-refractivity contribution in [3.05, 3.63) is 143 Å². The molecule has 6 heteroatoms. The third-order valence-corrected chi connectivity index (χ3v) is 12.3. The Hall–Kier alpha value is -4.73. The van der Waals surface area contributed by atoms with Crippen molar-refractivity contribution in [1.82, 2.24) is 0 Å². The lowest BCUT2D eigenvalue weighted by Crippen LogP contribution is -2.33. The summed E-state index contributed by atoms with van der Waals surface area (Å²) in [5, 5.41) is 25.0. The fraction of sp³-hybridized carbons (Fsp3) is 0.111. The van der Waals surface area contributed by atoms with Gasteiger partial charge in [0.05, 0.1) is 23.9 Å². The summed E-state index contributed by atoms with van der Waals surface area (Å²) in [5.74, 6) is -1.30. The predicted molar refractivity (Wildman–Crippen MR) is 168 cm³/mol. The molecule has 42 heavy (non-hydrogen) atoms. The number of ketones is 2. The summed E-state index contributed by atoms with van der Waals surface area (Å²) < 4.78 is 6.12. The van der Waals surface area contributed by atoms with Crippen molar-refractivity contribution in [3.8, 4) is 17.2 Å². The number of hydrogen-bond acceptors (Lipinski definition) is 5. The molecule has 1 aliphatic carbocycles. The number of rotatable bonds is 8. The fourth-order valence-electron chi connectivity index (χ4n) is 5.93. The maximum absolute atomic E-state index is 13.4. The van der Waals surface area contributed by atoms with Gasteiger partial charge in [0.25, 0.3) is 0 Å². The predicted octanol–water partition coefficient (Wildman–Crippen LogP) is 5.94. The van der Waals surface area contributed by atoms with Crippen molar-refractivity contribution in [3.63, 3.8) is 0 Å². The number of fused-ring (bicyclic) bond motifs is 2. The van der Waals surface area contributed by atoms with Crippen LogP contribution in [0.25, 0.3) is 0 Å². The molecule has 0 saturated carbocycles. The minimum atomic E-state index is -2.02. The van der Waals surface area contributed by atoms with Crippen LogP contribution in [0, 0.1) is 6.92 Å². The zero-order chi connectivity index (χ0) is 29.3. The molecule has 0 aromatic heterocycles. The highest BCUT2D eigenvalue weighted by atomic mass is 31.2. The van der Waals surface area contributed by atoms with Gasteiger partial charge >= 0.3 is 0 Å². The topological polar surface area (TPSA) is 83.8 Å². The van der Waals surface area contributed by atoms with Crippen molar-refractivity contribution < 1.29 is 24.5 Å². The van der Waals surface area contributed by atoms with Gasteiger partial charge in [0.1, 0.15) is 40.4 Å². The Labute approximate surface area is 245 Å². The summed E-state index contributed by atoms with van der Waals surface area (Å²) in [6, 6.07) is 37.7. The second-order valence-corrected chi connectivity index (χ2v) is 14.1. The minimum Gasteiger partial charge on any atom is -0.507 e. The number of phenolic OH excluding ortho intramolecular Hbond substituents is 2. The summed E-state index contributed by atoms with van der Waals surface area (Å²) in [6.45, 7) is 2.10. The summed E-state index contributed by atoms with van der Waals surface area (Å²) in [5.41, 5.74) is 0.678. The third-order valence-electron chi connectivity index (χ3n) is 7.79. The van der Waals surface area contributed by atoms with Crippen LogP contribution in [0.5, 0.6) is 17.2 Å². The standard InChI is InChI=1S/C36H29O5P/c1-24-20-29-33(31(37)21-24)36(40)34-30(35(29)39)22-25(23-32(34)38)41-18-11-19-42(26-12-5-2-6-13-26,27-14-7-3-8-15-27)28-16-9-4-10-17-28/h2-10,12-17,20-23H,11,18-19H2,1H3,(H-,37,38,40)/p+1. The highest BCUT2D eigenvalue weighted by molar-refractivity contribution is 7.95. The maximum atomic E-state index is 13.4. The molecule has 0 aliphatic heterocycles. The molecular weight excluding hydrogens is 543 g/mol. The van der Waals surface area contributed by atoms with E-state index in [0.29, 0.717) is 24.3 Å². The normalized spacial score (nSPS) is 12.5. The third kappa shape index (κ3) is 4.76. The van der Waals surface area contributed by atoms with E-state index in [-0.39, 0.29) is 33.8 Å². The molecule has 0 spiro atoms. The monoisotopic (exact) mass is 573 g/mol. The molecular formula is C36H30O5P+. The summed E-state index contributed by atoms with van der Waals surface area (Å²) in [6.07, 6.45) is 1.57. The van der Waals surface area contributed by atoms with Crippen LogP contribution in [0.4, 0.5) is 0 Å². The van der Waals surface area contributed by atoms with E-state index in [1.807, 2.05) is 18.2 Å². The van der Waals surface area contributed by atoms with E-state index in [1.165, 1.54) is 34.1 Å². The number of carbonyl (C=O) groups is 2. The second-order valence-electron chi connectivity index (χ2n) is 10.5. The van der Waals surface area contributed by atoms with Crippen LogP contribution in [0.3, 0.4) is 0 Å². The first-order valence-electron chi connectivity index (χ1n) is 13.9. The molecule has 0 atom stereocenters. The quantitative estimate of drug-likeness (QED) is 0.174. The Kier molecular flexibility index (Phi) is 7.36. The first-order chi connectivity index (χ1) is 20.4. The molecule has 5 nitrogen and oxygen atoms in total. The van der Waals surface area contributed by atoms with E-state index < -0.39 is 18.8 Å². The van der Waals surface area contributed by atoms with Crippen molar-refractivity contribution >= 4 is 34.7 Å². The smallest absolute Gasteiger partial charge is 0.201 e. The van der Waals surface area contributed by atoms with Gasteiger partial charge in [0.2, 0.25) is 5.78 Å². The van der Waals surface area contributed by atoms with Crippen molar-refractivity contribution in [2.75, 3.05) is 12.8 Å². The fourth-order valence-corrected chi connectivity index (χ4v) is 10.2. The first kappa shape index (κ1) is 27.4. The molecule has 0 heterocycles. The van der Waals surface area contributed by atoms with Crippen molar-refractivity contribution in [2.24, 2.45) is 0 Å². The van der Waals surface area contributed by atoms with E-state index in [2.05, 4.69) is 72.8 Å². The van der Waals surface area contributed by atoms with Crippen molar-refractivity contribution in [1.29, 1.82) is 0 Å². The molecule has 6 rings (SSSR count). The van der Waals surface area contributed by atoms with Gasteiger partial charge in [-0.15, -0.1) is 0 Å². The lowest BCUT2D eigenvalue weighted by Gasteiger charge is -2.27. The van der Waals surface area contributed by atoms with Crippen LogP contribution < -0.4 is 20.7 Å². The lowest BCUT2D eigenvalue weighted by atomic mass is 9.82. The van der Waals surface area contributed by atoms with Gasteiger partial charge in [0.15, 0.2) is 5.78 Å². The molecule has 0 unspecified atom stereocenters. The van der Waals surface area contributed by atoms with E-state index in [1.54, 1.807) is 13.0 Å². The van der Waals surface area contributed by atoms with Gasteiger partial charge in [-0.25, -0.2) is 0 Å². The van der Waals surface area contributed by atoms with Crippen LogP contribution in [0.2, 0.25) is 0 Å².